The number of carbonyl (C=O) groups excluding carboxylic acids is 1. The molecule has 4 rings (SSSR count). The summed E-state index contributed by atoms with van der Waals surface area (Å²) < 4.78 is 86.6. The largest absolute Gasteiger partial charge is 0.573 e. The number of rotatable bonds is 10. The van der Waals surface area contributed by atoms with E-state index in [9.17, 15) is 37.0 Å². The van der Waals surface area contributed by atoms with Crippen LogP contribution in [-0.4, -0.2) is 65.7 Å². The van der Waals surface area contributed by atoms with Crippen LogP contribution < -0.4 is 10.1 Å². The van der Waals surface area contributed by atoms with Gasteiger partial charge in [0.05, 0.1) is 31.5 Å². The van der Waals surface area contributed by atoms with Crippen LogP contribution in [0.5, 0.6) is 5.75 Å². The van der Waals surface area contributed by atoms with E-state index in [1.54, 1.807) is 0 Å². The first-order chi connectivity index (χ1) is 18.9. The van der Waals surface area contributed by atoms with Gasteiger partial charge in [0.25, 0.3) is 5.91 Å². The molecule has 0 spiro atoms. The average Bonchev–Trinajstić information content (AvgIpc) is 3.41. The van der Waals surface area contributed by atoms with Crippen molar-refractivity contribution < 1.29 is 55.9 Å². The van der Waals surface area contributed by atoms with Crippen molar-refractivity contribution in [3.8, 4) is 5.75 Å². The van der Waals surface area contributed by atoms with Gasteiger partial charge >= 0.3 is 6.36 Å². The Balaban J connectivity index is 1.51. The third-order valence-corrected chi connectivity index (χ3v) is 6.89. The van der Waals surface area contributed by atoms with Gasteiger partial charge in [-0.1, -0.05) is 18.2 Å². The number of hydrogen-bond donors (Lipinski definition) is 3. The molecule has 2 aliphatic rings. The number of benzene rings is 2. The van der Waals surface area contributed by atoms with E-state index in [-0.39, 0.29) is 43.2 Å². The molecular formula is C27H30F5NO7. The molecule has 8 nitrogen and oxygen atoms in total. The minimum atomic E-state index is -4.89. The quantitative estimate of drug-likeness (QED) is 0.373. The van der Waals surface area contributed by atoms with Crippen molar-refractivity contribution in [3.63, 3.8) is 0 Å². The standard InChI is InChI=1S/C27H30F5NO7/c28-18-7-6-17(21(29)10-18)15-39-26(25(36)33-13-20-5-2-8-37-20)11-22(34)24(35)23(12-26)38-14-16-3-1-4-19(9-16)40-27(30,31)32/h1,3-4,6-7,9-10,20,22-24,34-35H,2,5,8,11-15H2,(H,33,36)/t20-,22+,23+,24+,26-/m0/s1. The molecule has 0 unspecified atom stereocenters. The van der Waals surface area contributed by atoms with Gasteiger partial charge in [-0.05, 0) is 36.6 Å². The Morgan fingerprint density at radius 3 is 2.60 bits per heavy atom. The monoisotopic (exact) mass is 575 g/mol. The van der Waals surface area contributed by atoms with Gasteiger partial charge in [-0.2, -0.15) is 0 Å². The number of hydrogen-bond acceptors (Lipinski definition) is 7. The molecule has 1 aliphatic carbocycles. The maximum atomic E-state index is 14.3. The average molecular weight is 576 g/mol. The van der Waals surface area contributed by atoms with Crippen molar-refractivity contribution >= 4 is 5.91 Å². The van der Waals surface area contributed by atoms with Crippen molar-refractivity contribution in [2.45, 2.75) is 75.3 Å². The number of amides is 1. The van der Waals surface area contributed by atoms with Crippen molar-refractivity contribution in [2.24, 2.45) is 0 Å². The summed E-state index contributed by atoms with van der Waals surface area (Å²) in [7, 11) is 0. The molecule has 2 aromatic rings. The lowest BCUT2D eigenvalue weighted by molar-refractivity contribution is -0.274. The Morgan fingerprint density at radius 1 is 1.10 bits per heavy atom. The first-order valence-corrected chi connectivity index (χ1v) is 12.7. The van der Waals surface area contributed by atoms with Crippen molar-refractivity contribution in [1.29, 1.82) is 0 Å². The van der Waals surface area contributed by atoms with Crippen LogP contribution in [0, 0.1) is 11.6 Å². The highest BCUT2D eigenvalue weighted by Gasteiger charge is 2.51. The summed E-state index contributed by atoms with van der Waals surface area (Å²) in [4.78, 5) is 13.5. The molecule has 220 valence electrons. The molecule has 1 aliphatic heterocycles. The van der Waals surface area contributed by atoms with Crippen molar-refractivity contribution in [1.82, 2.24) is 5.32 Å². The molecule has 0 aromatic heterocycles. The topological polar surface area (TPSA) is 106 Å². The zero-order valence-corrected chi connectivity index (χ0v) is 21.3. The summed E-state index contributed by atoms with van der Waals surface area (Å²) in [6, 6.07) is 7.90. The maximum absolute atomic E-state index is 14.3. The summed E-state index contributed by atoms with van der Waals surface area (Å²) in [5, 5.41) is 24.1. The predicted molar refractivity (Wildman–Crippen MR) is 129 cm³/mol. The first-order valence-electron chi connectivity index (χ1n) is 12.7. The van der Waals surface area contributed by atoms with E-state index in [0.29, 0.717) is 12.7 Å². The zero-order chi connectivity index (χ0) is 28.9. The van der Waals surface area contributed by atoms with Crippen LogP contribution in [0.4, 0.5) is 22.0 Å². The Hall–Kier alpha value is -2.84. The van der Waals surface area contributed by atoms with Gasteiger partial charge in [-0.25, -0.2) is 8.78 Å². The molecule has 0 radical (unpaired) electrons. The zero-order valence-electron chi connectivity index (χ0n) is 21.3. The molecule has 3 N–H and O–H groups in total. The summed E-state index contributed by atoms with van der Waals surface area (Å²) >= 11 is 0. The Kier molecular flexibility index (Phi) is 9.62. The minimum Gasteiger partial charge on any atom is -0.406 e. The molecule has 1 amide bonds. The highest BCUT2D eigenvalue weighted by atomic mass is 19.4. The lowest BCUT2D eigenvalue weighted by Crippen LogP contribution is -2.61. The molecular weight excluding hydrogens is 545 g/mol. The lowest BCUT2D eigenvalue weighted by Gasteiger charge is -2.44. The Morgan fingerprint density at radius 2 is 1.90 bits per heavy atom. The van der Waals surface area contributed by atoms with Gasteiger partial charge in [-0.15, -0.1) is 13.2 Å². The molecule has 1 heterocycles. The summed E-state index contributed by atoms with van der Waals surface area (Å²) in [6.07, 6.45) is -8.31. The fourth-order valence-corrected chi connectivity index (χ4v) is 4.82. The summed E-state index contributed by atoms with van der Waals surface area (Å²) in [5.41, 5.74) is -1.55. The number of carbonyl (C=O) groups is 1. The highest BCUT2D eigenvalue weighted by molar-refractivity contribution is 5.85. The van der Waals surface area contributed by atoms with Gasteiger partial charge < -0.3 is 34.5 Å². The molecule has 1 saturated carbocycles. The number of halogens is 5. The third kappa shape index (κ3) is 7.88. The Labute approximate surface area is 227 Å². The van der Waals surface area contributed by atoms with E-state index in [1.165, 1.54) is 18.2 Å². The number of aliphatic hydroxyl groups excluding tert-OH is 2. The number of alkyl halides is 3. The molecule has 2 aromatic carbocycles. The second-order valence-corrected chi connectivity index (χ2v) is 9.87. The van der Waals surface area contributed by atoms with Crippen LogP contribution >= 0.6 is 0 Å². The van der Waals surface area contributed by atoms with Crippen LogP contribution in [0.2, 0.25) is 0 Å². The third-order valence-electron chi connectivity index (χ3n) is 6.89. The molecule has 2 fully saturated rings. The second-order valence-electron chi connectivity index (χ2n) is 9.87. The van der Waals surface area contributed by atoms with E-state index >= 15 is 0 Å². The van der Waals surface area contributed by atoms with E-state index < -0.39 is 60.2 Å². The van der Waals surface area contributed by atoms with E-state index in [1.807, 2.05) is 0 Å². The smallest absolute Gasteiger partial charge is 0.406 e. The van der Waals surface area contributed by atoms with Gasteiger partial charge in [-0.3, -0.25) is 4.79 Å². The number of aliphatic hydroxyl groups is 2. The predicted octanol–water partition coefficient (Wildman–Crippen LogP) is 3.52. The van der Waals surface area contributed by atoms with Gasteiger partial charge in [0.2, 0.25) is 0 Å². The van der Waals surface area contributed by atoms with Crippen LogP contribution in [0.25, 0.3) is 0 Å². The van der Waals surface area contributed by atoms with Crippen LogP contribution in [0.1, 0.15) is 36.8 Å². The number of ether oxygens (including phenoxy) is 4. The van der Waals surface area contributed by atoms with E-state index in [4.69, 9.17) is 14.2 Å². The molecule has 40 heavy (non-hydrogen) atoms. The second kappa shape index (κ2) is 12.8. The van der Waals surface area contributed by atoms with Gasteiger partial charge in [0.1, 0.15) is 23.5 Å². The lowest BCUT2D eigenvalue weighted by atomic mass is 9.78. The molecule has 5 atom stereocenters. The van der Waals surface area contributed by atoms with Crippen LogP contribution in [0.15, 0.2) is 42.5 Å². The highest BCUT2D eigenvalue weighted by Crippen LogP contribution is 2.36. The van der Waals surface area contributed by atoms with Crippen LogP contribution in [-0.2, 0) is 32.2 Å². The normalized spacial score (nSPS) is 27.0. The van der Waals surface area contributed by atoms with Crippen molar-refractivity contribution in [3.05, 3.63) is 65.2 Å². The number of nitrogens with one attached hydrogen (secondary N) is 1. The maximum Gasteiger partial charge on any atom is 0.573 e. The summed E-state index contributed by atoms with van der Waals surface area (Å²) in [5.74, 6) is -2.80. The van der Waals surface area contributed by atoms with Gasteiger partial charge in [0, 0.05) is 37.6 Å². The molecule has 1 saturated heterocycles. The SMILES string of the molecule is O=C(NC[C@@H]1CCCO1)[C@]1(OCc2ccc(F)cc2F)C[C@@H](O)[C@@H](O)[C@H](OCc2cccc(OC(F)(F)F)c2)C1. The fraction of sp³-hybridized carbons (Fsp3) is 0.519. The van der Waals surface area contributed by atoms with E-state index in [0.717, 1.165) is 31.0 Å². The Bertz CT molecular complexity index is 1160. The molecule has 0 bridgehead atoms. The molecule has 13 heteroatoms. The van der Waals surface area contributed by atoms with Crippen molar-refractivity contribution in [2.75, 3.05) is 13.2 Å². The van der Waals surface area contributed by atoms with Crippen LogP contribution in [0.3, 0.4) is 0 Å². The fourth-order valence-electron chi connectivity index (χ4n) is 4.82. The summed E-state index contributed by atoms with van der Waals surface area (Å²) in [6.45, 7) is -0.0252. The first kappa shape index (κ1) is 30.1. The van der Waals surface area contributed by atoms with Gasteiger partial charge in [0.15, 0.2) is 5.60 Å². The van der Waals surface area contributed by atoms with E-state index in [2.05, 4.69) is 10.1 Å². The minimum absolute atomic E-state index is 0.0349.